The van der Waals surface area contributed by atoms with Gasteiger partial charge in [0.05, 0.1) is 11.3 Å². The second kappa shape index (κ2) is 6.67. The molecule has 7 heteroatoms. The van der Waals surface area contributed by atoms with E-state index in [0.717, 1.165) is 0 Å². The van der Waals surface area contributed by atoms with Crippen molar-refractivity contribution in [2.45, 2.75) is 0 Å². The van der Waals surface area contributed by atoms with Gasteiger partial charge in [-0.05, 0) is 36.5 Å². The van der Waals surface area contributed by atoms with E-state index in [1.807, 2.05) is 0 Å². The fourth-order valence-electron chi connectivity index (χ4n) is 1.56. The van der Waals surface area contributed by atoms with Gasteiger partial charge >= 0.3 is 0 Å². The summed E-state index contributed by atoms with van der Waals surface area (Å²) in [5.41, 5.74) is 5.01. The van der Waals surface area contributed by atoms with Crippen molar-refractivity contribution in [2.24, 2.45) is 0 Å². The van der Waals surface area contributed by atoms with E-state index in [2.05, 4.69) is 16.2 Å². The Morgan fingerprint density at radius 3 is 2.43 bits per heavy atom. The summed E-state index contributed by atoms with van der Waals surface area (Å²) in [4.78, 5) is 11.8. The van der Waals surface area contributed by atoms with E-state index in [9.17, 15) is 14.3 Å². The van der Waals surface area contributed by atoms with Crippen LogP contribution in [0.15, 0.2) is 48.5 Å². The van der Waals surface area contributed by atoms with Crippen LogP contribution in [0.25, 0.3) is 0 Å². The minimum atomic E-state index is -0.564. The number of carbonyl (C=O) groups excluding carboxylic acids is 1. The molecular formula is C14H12FN3O2S. The molecule has 0 fully saturated rings. The van der Waals surface area contributed by atoms with Crippen LogP contribution in [0, 0.1) is 5.82 Å². The first-order chi connectivity index (χ1) is 10.1. The molecule has 21 heavy (non-hydrogen) atoms. The van der Waals surface area contributed by atoms with Crippen molar-refractivity contribution in [3.8, 4) is 5.75 Å². The number of hydrogen-bond donors (Lipinski definition) is 4. The van der Waals surface area contributed by atoms with Crippen LogP contribution in [-0.4, -0.2) is 16.1 Å². The van der Waals surface area contributed by atoms with Gasteiger partial charge in [0.1, 0.15) is 11.6 Å². The van der Waals surface area contributed by atoms with E-state index in [4.69, 9.17) is 12.2 Å². The molecule has 2 aromatic rings. The minimum absolute atomic E-state index is 0.0175. The molecule has 0 saturated heterocycles. The average Bonchev–Trinajstić information content (AvgIpc) is 2.48. The standard InChI is InChI=1S/C14H12FN3O2S/c15-10-6-2-3-7-11(10)16-14(21)18-17-13(20)9-5-1-4-8-12(9)19/h1-8,19H,(H,17,20)(H2,16,18,21). The number of nitrogens with one attached hydrogen (secondary N) is 3. The number of anilines is 1. The average molecular weight is 305 g/mol. The van der Waals surface area contributed by atoms with E-state index in [-0.39, 0.29) is 22.1 Å². The van der Waals surface area contributed by atoms with E-state index in [0.29, 0.717) is 0 Å². The molecule has 0 saturated carbocycles. The minimum Gasteiger partial charge on any atom is -0.507 e. The van der Waals surface area contributed by atoms with Crippen molar-refractivity contribution in [3.05, 3.63) is 59.9 Å². The summed E-state index contributed by atoms with van der Waals surface area (Å²) in [5.74, 6) is -1.18. The van der Waals surface area contributed by atoms with Crippen LogP contribution in [0.2, 0.25) is 0 Å². The molecule has 1 amide bonds. The van der Waals surface area contributed by atoms with Crippen LogP contribution >= 0.6 is 12.2 Å². The van der Waals surface area contributed by atoms with E-state index in [1.54, 1.807) is 24.3 Å². The molecule has 0 aliphatic rings. The highest BCUT2D eigenvalue weighted by Crippen LogP contribution is 2.15. The monoisotopic (exact) mass is 305 g/mol. The summed E-state index contributed by atoms with van der Waals surface area (Å²) in [7, 11) is 0. The van der Waals surface area contributed by atoms with Crippen molar-refractivity contribution in [3.63, 3.8) is 0 Å². The maximum absolute atomic E-state index is 13.4. The molecule has 0 aliphatic heterocycles. The third-order valence-corrected chi connectivity index (χ3v) is 2.76. The molecule has 0 spiro atoms. The lowest BCUT2D eigenvalue weighted by atomic mass is 10.2. The number of halogens is 1. The molecule has 2 rings (SSSR count). The van der Waals surface area contributed by atoms with E-state index >= 15 is 0 Å². The van der Waals surface area contributed by atoms with Gasteiger partial charge in [0.15, 0.2) is 5.11 Å². The van der Waals surface area contributed by atoms with E-state index < -0.39 is 11.7 Å². The fourth-order valence-corrected chi connectivity index (χ4v) is 1.72. The van der Waals surface area contributed by atoms with Gasteiger partial charge in [0.25, 0.3) is 5.91 Å². The van der Waals surface area contributed by atoms with Gasteiger partial charge in [-0.1, -0.05) is 24.3 Å². The topological polar surface area (TPSA) is 73.4 Å². The summed E-state index contributed by atoms with van der Waals surface area (Å²) in [6.07, 6.45) is 0. The first kappa shape index (κ1) is 14.7. The van der Waals surface area contributed by atoms with Crippen LogP contribution in [0.5, 0.6) is 5.75 Å². The highest BCUT2D eigenvalue weighted by molar-refractivity contribution is 7.80. The van der Waals surface area contributed by atoms with Crippen LogP contribution in [0.4, 0.5) is 10.1 Å². The van der Waals surface area contributed by atoms with Gasteiger partial charge in [-0.15, -0.1) is 0 Å². The second-order valence-corrected chi connectivity index (χ2v) is 4.44. The number of hydrazine groups is 1. The van der Waals surface area contributed by atoms with Crippen LogP contribution in [0.3, 0.4) is 0 Å². The lowest BCUT2D eigenvalue weighted by Crippen LogP contribution is -2.43. The molecule has 2 aromatic carbocycles. The first-order valence-electron chi connectivity index (χ1n) is 5.98. The number of aromatic hydroxyl groups is 1. The smallest absolute Gasteiger partial charge is 0.273 e. The predicted octanol–water partition coefficient (Wildman–Crippen LogP) is 2.16. The van der Waals surface area contributed by atoms with Crippen LogP contribution in [0.1, 0.15) is 10.4 Å². The number of carbonyl (C=O) groups is 1. The predicted molar refractivity (Wildman–Crippen MR) is 81.3 cm³/mol. The summed E-state index contributed by atoms with van der Waals surface area (Å²) >= 11 is 4.93. The summed E-state index contributed by atoms with van der Waals surface area (Å²) < 4.78 is 13.4. The second-order valence-electron chi connectivity index (χ2n) is 4.03. The summed E-state index contributed by atoms with van der Waals surface area (Å²) in [5, 5.41) is 12.1. The Bertz CT molecular complexity index is 679. The first-order valence-corrected chi connectivity index (χ1v) is 6.38. The SMILES string of the molecule is O=C(NNC(=S)Nc1ccccc1F)c1ccccc1O. The molecule has 0 atom stereocenters. The Hall–Kier alpha value is -2.67. The number of thiocarbonyl (C=S) groups is 1. The molecule has 0 aromatic heterocycles. The largest absolute Gasteiger partial charge is 0.507 e. The Balaban J connectivity index is 1.91. The third kappa shape index (κ3) is 3.90. The van der Waals surface area contributed by atoms with Crippen molar-refractivity contribution in [1.82, 2.24) is 10.9 Å². The number of para-hydroxylation sites is 2. The molecule has 0 aliphatic carbocycles. The van der Waals surface area contributed by atoms with E-state index in [1.165, 1.54) is 24.3 Å². The maximum atomic E-state index is 13.4. The Kier molecular flexibility index (Phi) is 4.68. The Labute approximate surface area is 125 Å². The Morgan fingerprint density at radius 2 is 1.71 bits per heavy atom. The number of phenolic OH excluding ortho intramolecular Hbond substituents is 1. The lowest BCUT2D eigenvalue weighted by molar-refractivity contribution is 0.0941. The molecule has 5 nitrogen and oxygen atoms in total. The zero-order chi connectivity index (χ0) is 15.2. The summed E-state index contributed by atoms with van der Waals surface area (Å²) in [6.45, 7) is 0. The fraction of sp³-hybridized carbons (Fsp3) is 0. The number of phenols is 1. The van der Waals surface area contributed by atoms with Gasteiger partial charge in [0, 0.05) is 0 Å². The quantitative estimate of drug-likeness (QED) is 0.505. The zero-order valence-corrected chi connectivity index (χ0v) is 11.6. The maximum Gasteiger partial charge on any atom is 0.273 e. The third-order valence-electron chi connectivity index (χ3n) is 2.56. The van der Waals surface area contributed by atoms with Crippen molar-refractivity contribution < 1.29 is 14.3 Å². The highest BCUT2D eigenvalue weighted by atomic mass is 32.1. The molecule has 0 unspecified atom stereocenters. The van der Waals surface area contributed by atoms with Crippen molar-refractivity contribution >= 4 is 28.9 Å². The van der Waals surface area contributed by atoms with Crippen LogP contribution < -0.4 is 16.2 Å². The van der Waals surface area contributed by atoms with Crippen LogP contribution in [-0.2, 0) is 0 Å². The van der Waals surface area contributed by atoms with Gasteiger partial charge in [-0.3, -0.25) is 15.6 Å². The number of hydrogen-bond acceptors (Lipinski definition) is 3. The molecule has 108 valence electrons. The van der Waals surface area contributed by atoms with Gasteiger partial charge < -0.3 is 10.4 Å². The lowest BCUT2D eigenvalue weighted by Gasteiger charge is -2.12. The molecule has 0 radical (unpaired) electrons. The van der Waals surface area contributed by atoms with Gasteiger partial charge in [-0.2, -0.15) is 0 Å². The zero-order valence-electron chi connectivity index (χ0n) is 10.8. The van der Waals surface area contributed by atoms with Gasteiger partial charge in [-0.25, -0.2) is 4.39 Å². The number of amides is 1. The Morgan fingerprint density at radius 1 is 1.05 bits per heavy atom. The number of rotatable bonds is 2. The molecule has 0 heterocycles. The molecule has 4 N–H and O–H groups in total. The molecular weight excluding hydrogens is 293 g/mol. The highest BCUT2D eigenvalue weighted by Gasteiger charge is 2.10. The molecule has 0 bridgehead atoms. The van der Waals surface area contributed by atoms with Crippen molar-refractivity contribution in [2.75, 3.05) is 5.32 Å². The summed E-state index contributed by atoms with van der Waals surface area (Å²) in [6, 6.07) is 12.1. The van der Waals surface area contributed by atoms with Gasteiger partial charge in [0.2, 0.25) is 0 Å². The van der Waals surface area contributed by atoms with Crippen molar-refractivity contribution in [1.29, 1.82) is 0 Å². The number of benzene rings is 2. The normalized spacial score (nSPS) is 9.76.